The number of hydrogen-bond donors (Lipinski definition) is 1. The SMILES string of the molecule is C[C@@H](N)c1ccccc1OCC1CCC(C)(C)O1. The maximum Gasteiger partial charge on any atom is 0.124 e. The fraction of sp³-hybridized carbons (Fsp3) is 0.600. The largest absolute Gasteiger partial charge is 0.491 e. The van der Waals surface area contributed by atoms with Crippen LogP contribution in [0.1, 0.15) is 45.2 Å². The number of para-hydroxylation sites is 1. The molecule has 0 amide bonds. The van der Waals surface area contributed by atoms with Gasteiger partial charge in [0.1, 0.15) is 12.4 Å². The van der Waals surface area contributed by atoms with Crippen LogP contribution in [-0.2, 0) is 4.74 Å². The molecule has 0 saturated carbocycles. The van der Waals surface area contributed by atoms with Gasteiger partial charge in [0.15, 0.2) is 0 Å². The Hall–Kier alpha value is -1.06. The summed E-state index contributed by atoms with van der Waals surface area (Å²) in [7, 11) is 0. The molecule has 1 heterocycles. The molecule has 2 atom stereocenters. The van der Waals surface area contributed by atoms with Crippen molar-refractivity contribution in [2.75, 3.05) is 6.61 Å². The summed E-state index contributed by atoms with van der Waals surface area (Å²) >= 11 is 0. The van der Waals surface area contributed by atoms with Crippen LogP contribution < -0.4 is 10.5 Å². The van der Waals surface area contributed by atoms with Gasteiger partial charge < -0.3 is 15.2 Å². The Morgan fingerprint density at radius 1 is 1.44 bits per heavy atom. The summed E-state index contributed by atoms with van der Waals surface area (Å²) in [5.74, 6) is 0.876. The molecule has 0 aliphatic carbocycles. The average Bonchev–Trinajstić information content (AvgIpc) is 2.66. The van der Waals surface area contributed by atoms with Gasteiger partial charge in [-0.2, -0.15) is 0 Å². The molecule has 1 aromatic rings. The molecular weight excluding hydrogens is 226 g/mol. The Morgan fingerprint density at radius 2 is 2.17 bits per heavy atom. The van der Waals surface area contributed by atoms with Crippen molar-refractivity contribution in [2.45, 2.75) is 51.4 Å². The van der Waals surface area contributed by atoms with Crippen LogP contribution in [-0.4, -0.2) is 18.3 Å². The second-order valence-electron chi connectivity index (χ2n) is 5.68. The fourth-order valence-electron chi connectivity index (χ4n) is 2.37. The van der Waals surface area contributed by atoms with E-state index in [0.29, 0.717) is 6.61 Å². The minimum atomic E-state index is -0.0119. The van der Waals surface area contributed by atoms with E-state index in [1.54, 1.807) is 0 Å². The molecule has 3 heteroatoms. The molecule has 18 heavy (non-hydrogen) atoms. The molecule has 2 N–H and O–H groups in total. The molecule has 1 aliphatic rings. The van der Waals surface area contributed by atoms with Crippen LogP contribution >= 0.6 is 0 Å². The highest BCUT2D eigenvalue weighted by molar-refractivity contribution is 5.35. The van der Waals surface area contributed by atoms with E-state index in [2.05, 4.69) is 13.8 Å². The lowest BCUT2D eigenvalue weighted by atomic mass is 10.1. The van der Waals surface area contributed by atoms with Crippen LogP contribution in [0.15, 0.2) is 24.3 Å². The van der Waals surface area contributed by atoms with Gasteiger partial charge in [0.25, 0.3) is 0 Å². The van der Waals surface area contributed by atoms with E-state index < -0.39 is 0 Å². The minimum Gasteiger partial charge on any atom is -0.491 e. The highest BCUT2D eigenvalue weighted by Gasteiger charge is 2.32. The second-order valence-corrected chi connectivity index (χ2v) is 5.68. The van der Waals surface area contributed by atoms with Crippen molar-refractivity contribution in [1.82, 2.24) is 0 Å². The lowest BCUT2D eigenvalue weighted by Gasteiger charge is -2.20. The summed E-state index contributed by atoms with van der Waals surface area (Å²) in [4.78, 5) is 0. The molecule has 1 aliphatic heterocycles. The summed E-state index contributed by atoms with van der Waals surface area (Å²) in [6, 6.07) is 7.93. The Balaban J connectivity index is 1.95. The number of benzene rings is 1. The van der Waals surface area contributed by atoms with Crippen molar-refractivity contribution in [3.8, 4) is 5.75 Å². The minimum absolute atomic E-state index is 0.00525. The number of hydrogen-bond acceptors (Lipinski definition) is 3. The Morgan fingerprint density at radius 3 is 2.78 bits per heavy atom. The van der Waals surface area contributed by atoms with Crippen molar-refractivity contribution in [2.24, 2.45) is 5.73 Å². The first-order valence-electron chi connectivity index (χ1n) is 6.63. The van der Waals surface area contributed by atoms with Gasteiger partial charge in [-0.3, -0.25) is 0 Å². The molecule has 0 bridgehead atoms. The molecule has 0 radical (unpaired) electrons. The molecule has 1 fully saturated rings. The Labute approximate surface area is 109 Å². The quantitative estimate of drug-likeness (QED) is 0.892. The third-order valence-electron chi connectivity index (χ3n) is 3.39. The zero-order valence-electron chi connectivity index (χ0n) is 11.5. The number of ether oxygens (including phenoxy) is 2. The fourth-order valence-corrected chi connectivity index (χ4v) is 2.37. The third kappa shape index (κ3) is 3.24. The maximum atomic E-state index is 5.93. The average molecular weight is 249 g/mol. The second kappa shape index (κ2) is 5.29. The monoisotopic (exact) mass is 249 g/mol. The van der Waals surface area contributed by atoms with Crippen LogP contribution in [0, 0.1) is 0 Å². The van der Waals surface area contributed by atoms with E-state index >= 15 is 0 Å². The smallest absolute Gasteiger partial charge is 0.124 e. The molecule has 0 aromatic heterocycles. The first-order chi connectivity index (χ1) is 8.48. The molecule has 2 rings (SSSR count). The molecule has 1 saturated heterocycles. The van der Waals surface area contributed by atoms with Crippen molar-refractivity contribution < 1.29 is 9.47 Å². The van der Waals surface area contributed by atoms with Crippen LogP contribution in [0.4, 0.5) is 0 Å². The normalized spacial score (nSPS) is 23.9. The van der Waals surface area contributed by atoms with Crippen molar-refractivity contribution in [3.63, 3.8) is 0 Å². The molecule has 100 valence electrons. The standard InChI is InChI=1S/C15H23NO2/c1-11(16)13-6-4-5-7-14(13)17-10-12-8-9-15(2,3)18-12/h4-7,11-12H,8-10,16H2,1-3H3/t11-,12?/m1/s1. The summed E-state index contributed by atoms with van der Waals surface area (Å²) in [6.45, 7) is 6.83. The van der Waals surface area contributed by atoms with Gasteiger partial charge in [-0.1, -0.05) is 18.2 Å². The van der Waals surface area contributed by atoms with Crippen molar-refractivity contribution >= 4 is 0 Å². The summed E-state index contributed by atoms with van der Waals surface area (Å²) in [5.41, 5.74) is 6.98. The van der Waals surface area contributed by atoms with Gasteiger partial charge in [0.05, 0.1) is 11.7 Å². The lowest BCUT2D eigenvalue weighted by Crippen LogP contribution is -2.24. The van der Waals surface area contributed by atoms with Crippen LogP contribution in [0.3, 0.4) is 0 Å². The Kier molecular flexibility index (Phi) is 3.93. The van der Waals surface area contributed by atoms with Crippen LogP contribution in [0.25, 0.3) is 0 Å². The van der Waals surface area contributed by atoms with Gasteiger partial charge in [0.2, 0.25) is 0 Å². The molecule has 1 aromatic carbocycles. The van der Waals surface area contributed by atoms with Crippen molar-refractivity contribution in [1.29, 1.82) is 0 Å². The topological polar surface area (TPSA) is 44.5 Å². The molecule has 3 nitrogen and oxygen atoms in total. The van der Waals surface area contributed by atoms with Gasteiger partial charge in [-0.25, -0.2) is 0 Å². The van der Waals surface area contributed by atoms with E-state index in [1.165, 1.54) is 0 Å². The van der Waals surface area contributed by atoms with Gasteiger partial charge in [0, 0.05) is 11.6 Å². The van der Waals surface area contributed by atoms with E-state index in [1.807, 2.05) is 31.2 Å². The van der Waals surface area contributed by atoms with Crippen LogP contribution in [0.2, 0.25) is 0 Å². The first kappa shape index (κ1) is 13.4. The zero-order valence-corrected chi connectivity index (χ0v) is 11.5. The van der Waals surface area contributed by atoms with E-state index in [0.717, 1.165) is 24.2 Å². The first-order valence-corrected chi connectivity index (χ1v) is 6.63. The highest BCUT2D eigenvalue weighted by atomic mass is 16.6. The van der Waals surface area contributed by atoms with Gasteiger partial charge >= 0.3 is 0 Å². The summed E-state index contributed by atoms with van der Waals surface area (Å²) in [6.07, 6.45) is 2.35. The van der Waals surface area contributed by atoms with E-state index in [4.69, 9.17) is 15.2 Å². The van der Waals surface area contributed by atoms with E-state index in [9.17, 15) is 0 Å². The van der Waals surface area contributed by atoms with Crippen molar-refractivity contribution in [3.05, 3.63) is 29.8 Å². The molecular formula is C15H23NO2. The number of nitrogens with two attached hydrogens (primary N) is 1. The highest BCUT2D eigenvalue weighted by Crippen LogP contribution is 2.30. The predicted molar refractivity (Wildman–Crippen MR) is 72.7 cm³/mol. The maximum absolute atomic E-state index is 5.93. The molecule has 0 spiro atoms. The van der Waals surface area contributed by atoms with Crippen LogP contribution in [0.5, 0.6) is 5.75 Å². The number of rotatable bonds is 4. The van der Waals surface area contributed by atoms with E-state index in [-0.39, 0.29) is 17.7 Å². The lowest BCUT2D eigenvalue weighted by molar-refractivity contribution is -0.0327. The van der Waals surface area contributed by atoms with Gasteiger partial charge in [-0.15, -0.1) is 0 Å². The zero-order chi connectivity index (χ0) is 13.2. The predicted octanol–water partition coefficient (Wildman–Crippen LogP) is 3.04. The Bertz CT molecular complexity index is 401. The summed E-state index contributed by atoms with van der Waals surface area (Å²) < 4.78 is 11.8. The summed E-state index contributed by atoms with van der Waals surface area (Å²) in [5, 5.41) is 0. The third-order valence-corrected chi connectivity index (χ3v) is 3.39. The van der Waals surface area contributed by atoms with Gasteiger partial charge in [-0.05, 0) is 39.7 Å². The molecule has 1 unspecified atom stereocenters.